The number of carbonyl (C=O) groups excluding carboxylic acids is 1. The number of benzene rings is 2. The highest BCUT2D eigenvalue weighted by molar-refractivity contribution is 7.99. The van der Waals surface area contributed by atoms with Crippen molar-refractivity contribution in [1.29, 1.82) is 0 Å². The maximum atomic E-state index is 12.5. The minimum atomic E-state index is -0.512. The fourth-order valence-electron chi connectivity index (χ4n) is 3.17. The summed E-state index contributed by atoms with van der Waals surface area (Å²) < 4.78 is 0. The summed E-state index contributed by atoms with van der Waals surface area (Å²) in [4.78, 5) is 32.3. The number of hydrogen-bond donors (Lipinski definition) is 2. The molecule has 0 aliphatic heterocycles. The van der Waals surface area contributed by atoms with Crippen LogP contribution in [0, 0.1) is 24.0 Å². The molecular formula is C22H22ClN5O3S. The number of nitrogen functional groups attached to an aromatic ring is 1. The normalized spacial score (nSPS) is 10.8. The monoisotopic (exact) mass is 471 g/mol. The molecule has 3 rings (SSSR count). The molecule has 0 fully saturated rings. The number of halogens is 1. The molecule has 1 aromatic heterocycles. The third-order valence-corrected chi connectivity index (χ3v) is 6.07. The summed E-state index contributed by atoms with van der Waals surface area (Å²) >= 11 is 7.09. The van der Waals surface area contributed by atoms with E-state index >= 15 is 0 Å². The van der Waals surface area contributed by atoms with E-state index in [1.165, 1.54) is 6.07 Å². The molecule has 0 saturated heterocycles. The van der Waals surface area contributed by atoms with Gasteiger partial charge in [0, 0.05) is 16.7 Å². The number of nitrogens with two attached hydrogens (primary N) is 1. The number of hydrogen-bond acceptors (Lipinski definition) is 7. The molecule has 166 valence electrons. The fourth-order valence-corrected chi connectivity index (χ4v) is 3.97. The maximum Gasteiger partial charge on any atom is 0.293 e. The Morgan fingerprint density at radius 3 is 2.50 bits per heavy atom. The van der Waals surface area contributed by atoms with Gasteiger partial charge in [-0.1, -0.05) is 48.5 Å². The molecule has 2 aromatic carbocycles. The molecule has 0 saturated carbocycles. The molecule has 0 atom stereocenters. The van der Waals surface area contributed by atoms with E-state index in [1.54, 1.807) is 25.1 Å². The predicted octanol–water partition coefficient (Wildman–Crippen LogP) is 5.20. The molecule has 1 heterocycles. The zero-order valence-electron chi connectivity index (χ0n) is 17.8. The van der Waals surface area contributed by atoms with Crippen LogP contribution in [0.15, 0.2) is 41.6 Å². The van der Waals surface area contributed by atoms with Crippen molar-refractivity contribution in [3.05, 3.63) is 68.4 Å². The highest BCUT2D eigenvalue weighted by atomic mass is 35.5. The highest BCUT2D eigenvalue weighted by Gasteiger charge is 2.20. The van der Waals surface area contributed by atoms with Crippen molar-refractivity contribution in [3.63, 3.8) is 0 Å². The van der Waals surface area contributed by atoms with Gasteiger partial charge in [-0.25, -0.2) is 9.97 Å². The standard InChI is InChI=1S/C22H22ClN5O3S/c1-4-16-19(14-6-8-15(23)9-7-14)21(24)27-22(25-16)32-11-18(29)26-20-13(3)12(2)5-10-17(20)28(30)31/h5-10H,4,11H2,1-3H3,(H,26,29)(H2,24,25,27). The van der Waals surface area contributed by atoms with Gasteiger partial charge in [0.05, 0.1) is 16.4 Å². The summed E-state index contributed by atoms with van der Waals surface area (Å²) in [5, 5.41) is 15.0. The molecular weight excluding hydrogens is 450 g/mol. The number of rotatable bonds is 7. The molecule has 0 aliphatic rings. The topological polar surface area (TPSA) is 124 Å². The largest absolute Gasteiger partial charge is 0.383 e. The van der Waals surface area contributed by atoms with Crippen molar-refractivity contribution < 1.29 is 9.72 Å². The van der Waals surface area contributed by atoms with Gasteiger partial charge >= 0.3 is 0 Å². The number of thioether (sulfide) groups is 1. The Morgan fingerprint density at radius 2 is 1.88 bits per heavy atom. The smallest absolute Gasteiger partial charge is 0.293 e. The Kier molecular flexibility index (Phi) is 7.32. The van der Waals surface area contributed by atoms with Crippen LogP contribution in [-0.2, 0) is 11.2 Å². The molecule has 0 aliphatic carbocycles. The van der Waals surface area contributed by atoms with E-state index in [-0.39, 0.29) is 17.1 Å². The molecule has 0 radical (unpaired) electrons. The summed E-state index contributed by atoms with van der Waals surface area (Å²) in [7, 11) is 0. The van der Waals surface area contributed by atoms with Gasteiger partial charge in [0.1, 0.15) is 11.5 Å². The average Bonchev–Trinajstić information content (AvgIpc) is 2.75. The second kappa shape index (κ2) is 9.97. The lowest BCUT2D eigenvalue weighted by Gasteiger charge is -2.13. The number of nitrogens with zero attached hydrogens (tertiary/aromatic N) is 3. The van der Waals surface area contributed by atoms with Gasteiger partial charge in [0.2, 0.25) is 5.91 Å². The number of carbonyl (C=O) groups is 1. The quantitative estimate of drug-likeness (QED) is 0.210. The van der Waals surface area contributed by atoms with E-state index < -0.39 is 10.8 Å². The van der Waals surface area contributed by atoms with Gasteiger partial charge in [0.25, 0.3) is 5.69 Å². The van der Waals surface area contributed by atoms with Gasteiger partial charge < -0.3 is 11.1 Å². The van der Waals surface area contributed by atoms with E-state index in [9.17, 15) is 14.9 Å². The minimum Gasteiger partial charge on any atom is -0.383 e. The number of nitrogens with one attached hydrogen (secondary N) is 1. The lowest BCUT2D eigenvalue weighted by Crippen LogP contribution is -2.17. The zero-order valence-corrected chi connectivity index (χ0v) is 19.4. The summed E-state index contributed by atoms with van der Waals surface area (Å²) in [5.41, 5.74) is 10.1. The second-order valence-corrected chi connectivity index (χ2v) is 8.45. The van der Waals surface area contributed by atoms with Crippen LogP contribution in [0.3, 0.4) is 0 Å². The van der Waals surface area contributed by atoms with Crippen LogP contribution >= 0.6 is 23.4 Å². The van der Waals surface area contributed by atoms with Crippen LogP contribution < -0.4 is 11.1 Å². The number of amides is 1. The Balaban J connectivity index is 1.79. The van der Waals surface area contributed by atoms with Gasteiger partial charge in [-0.3, -0.25) is 14.9 Å². The van der Waals surface area contributed by atoms with Gasteiger partial charge in [-0.05, 0) is 49.1 Å². The number of nitro groups is 1. The van der Waals surface area contributed by atoms with Crippen molar-refractivity contribution in [1.82, 2.24) is 9.97 Å². The summed E-state index contributed by atoms with van der Waals surface area (Å²) in [5.74, 6) is -0.103. The van der Waals surface area contributed by atoms with Crippen LogP contribution in [0.5, 0.6) is 0 Å². The number of aryl methyl sites for hydroxylation is 2. The van der Waals surface area contributed by atoms with Crippen LogP contribution in [-0.4, -0.2) is 26.6 Å². The van der Waals surface area contributed by atoms with Crippen LogP contribution in [0.2, 0.25) is 5.02 Å². The van der Waals surface area contributed by atoms with E-state index in [4.69, 9.17) is 17.3 Å². The first kappa shape index (κ1) is 23.5. The van der Waals surface area contributed by atoms with Crippen molar-refractivity contribution >= 4 is 46.5 Å². The average molecular weight is 472 g/mol. The summed E-state index contributed by atoms with van der Waals surface area (Å²) in [6.07, 6.45) is 0.624. The third kappa shape index (κ3) is 5.17. The van der Waals surface area contributed by atoms with Crippen LogP contribution in [0.1, 0.15) is 23.7 Å². The summed E-state index contributed by atoms with van der Waals surface area (Å²) in [6, 6.07) is 10.3. The lowest BCUT2D eigenvalue weighted by molar-refractivity contribution is -0.384. The molecule has 32 heavy (non-hydrogen) atoms. The molecule has 0 bridgehead atoms. The van der Waals surface area contributed by atoms with Crippen LogP contribution in [0.4, 0.5) is 17.2 Å². The van der Waals surface area contributed by atoms with Crippen molar-refractivity contribution in [2.45, 2.75) is 32.3 Å². The summed E-state index contributed by atoms with van der Waals surface area (Å²) in [6.45, 7) is 5.52. The first-order valence-corrected chi connectivity index (χ1v) is 11.2. The van der Waals surface area contributed by atoms with E-state index in [0.717, 1.165) is 34.1 Å². The molecule has 10 heteroatoms. The van der Waals surface area contributed by atoms with E-state index in [1.807, 2.05) is 26.0 Å². The molecule has 0 spiro atoms. The fraction of sp³-hybridized carbons (Fsp3) is 0.227. The minimum absolute atomic E-state index is 0.0204. The van der Waals surface area contributed by atoms with E-state index in [0.29, 0.717) is 28.0 Å². The lowest BCUT2D eigenvalue weighted by atomic mass is 10.0. The van der Waals surface area contributed by atoms with Gasteiger partial charge in [-0.15, -0.1) is 0 Å². The van der Waals surface area contributed by atoms with Gasteiger partial charge in [0.15, 0.2) is 5.16 Å². The molecule has 1 amide bonds. The molecule has 8 nitrogen and oxygen atoms in total. The molecule has 3 aromatic rings. The van der Waals surface area contributed by atoms with Crippen LogP contribution in [0.25, 0.3) is 11.1 Å². The Labute approximate surface area is 194 Å². The van der Waals surface area contributed by atoms with Crippen molar-refractivity contribution in [3.8, 4) is 11.1 Å². The predicted molar refractivity (Wildman–Crippen MR) is 128 cm³/mol. The van der Waals surface area contributed by atoms with Crippen molar-refractivity contribution in [2.75, 3.05) is 16.8 Å². The first-order valence-electron chi connectivity index (χ1n) is 9.80. The third-order valence-electron chi connectivity index (χ3n) is 4.97. The highest BCUT2D eigenvalue weighted by Crippen LogP contribution is 2.32. The Bertz CT molecular complexity index is 1190. The van der Waals surface area contributed by atoms with E-state index in [2.05, 4.69) is 15.3 Å². The SMILES string of the molecule is CCc1nc(SCC(=O)Nc2c([N+](=O)[O-])ccc(C)c2C)nc(N)c1-c1ccc(Cl)cc1. The molecule has 3 N–H and O–H groups in total. The maximum absolute atomic E-state index is 12.5. The Hall–Kier alpha value is -3.17. The zero-order chi connectivity index (χ0) is 23.4. The Morgan fingerprint density at radius 1 is 1.19 bits per heavy atom. The number of anilines is 2. The number of nitro benzene ring substituents is 1. The first-order chi connectivity index (χ1) is 15.2. The number of aromatic nitrogens is 2. The van der Waals surface area contributed by atoms with Crippen molar-refractivity contribution in [2.24, 2.45) is 0 Å². The second-order valence-electron chi connectivity index (χ2n) is 7.07. The molecule has 0 unspecified atom stereocenters. The van der Waals surface area contributed by atoms with Gasteiger partial charge in [-0.2, -0.15) is 0 Å².